The summed E-state index contributed by atoms with van der Waals surface area (Å²) < 4.78 is 31.0. The number of anilines is 1. The zero-order valence-electron chi connectivity index (χ0n) is 20.6. The van der Waals surface area contributed by atoms with E-state index in [4.69, 9.17) is 14.2 Å². The molecule has 2 aliphatic heterocycles. The van der Waals surface area contributed by atoms with Crippen molar-refractivity contribution >= 4 is 11.6 Å². The van der Waals surface area contributed by atoms with Gasteiger partial charge in [0.15, 0.2) is 17.2 Å². The van der Waals surface area contributed by atoms with Crippen molar-refractivity contribution in [2.24, 2.45) is 0 Å². The second-order valence-electron chi connectivity index (χ2n) is 9.03. The second-order valence-corrected chi connectivity index (χ2v) is 9.03. The number of carbonyl (C=O) groups excluding carboxylic acids is 1. The van der Waals surface area contributed by atoms with E-state index in [9.17, 15) is 14.0 Å². The third-order valence-electron chi connectivity index (χ3n) is 6.59. The minimum Gasteiger partial charge on any atom is -0.491 e. The highest BCUT2D eigenvalue weighted by Gasteiger charge is 2.20. The zero-order valence-corrected chi connectivity index (χ0v) is 20.6. The molecule has 1 fully saturated rings. The van der Waals surface area contributed by atoms with Gasteiger partial charge in [-0.1, -0.05) is 6.07 Å². The molecule has 0 aliphatic carbocycles. The van der Waals surface area contributed by atoms with Crippen molar-refractivity contribution in [2.45, 2.75) is 19.6 Å². The van der Waals surface area contributed by atoms with Gasteiger partial charge in [-0.3, -0.25) is 14.5 Å². The first kappa shape index (κ1) is 24.6. The fraction of sp³-hybridized carbons (Fsp3) is 0.333. The van der Waals surface area contributed by atoms with Crippen molar-refractivity contribution in [3.8, 4) is 17.2 Å². The van der Waals surface area contributed by atoms with Gasteiger partial charge in [0.1, 0.15) is 12.4 Å². The quantitative estimate of drug-likeness (QED) is 0.500. The molecule has 1 amide bonds. The number of aromatic nitrogens is 1. The third kappa shape index (κ3) is 5.86. The van der Waals surface area contributed by atoms with Gasteiger partial charge in [0.2, 0.25) is 18.1 Å². The minimum atomic E-state index is -0.250. The van der Waals surface area contributed by atoms with Crippen LogP contribution in [0.1, 0.15) is 11.3 Å². The lowest BCUT2D eigenvalue weighted by molar-refractivity contribution is -0.121. The lowest BCUT2D eigenvalue weighted by Gasteiger charge is -2.36. The number of rotatable bonds is 8. The molecule has 3 aromatic rings. The van der Waals surface area contributed by atoms with Crippen LogP contribution >= 0.6 is 0 Å². The van der Waals surface area contributed by atoms with Gasteiger partial charge in [0, 0.05) is 56.7 Å². The first-order valence-electron chi connectivity index (χ1n) is 12.1. The molecule has 2 aromatic carbocycles. The van der Waals surface area contributed by atoms with E-state index in [0.29, 0.717) is 24.6 Å². The second kappa shape index (κ2) is 10.9. The van der Waals surface area contributed by atoms with Crippen LogP contribution < -0.4 is 29.9 Å². The zero-order chi connectivity index (χ0) is 25.8. The lowest BCUT2D eigenvalue weighted by atomic mass is 10.2. The first-order chi connectivity index (χ1) is 18.0. The van der Waals surface area contributed by atoms with Crippen LogP contribution in [0.15, 0.2) is 59.5 Å². The summed E-state index contributed by atoms with van der Waals surface area (Å²) in [5.41, 5.74) is 2.40. The number of hydrogen-bond acceptors (Lipinski definition) is 7. The van der Waals surface area contributed by atoms with E-state index in [0.717, 1.165) is 43.1 Å². The highest BCUT2D eigenvalue weighted by molar-refractivity contribution is 5.75. The van der Waals surface area contributed by atoms with Gasteiger partial charge < -0.3 is 29.0 Å². The molecule has 5 rings (SSSR count). The maximum Gasteiger partial charge on any atom is 0.240 e. The summed E-state index contributed by atoms with van der Waals surface area (Å²) in [6.45, 7) is 4.21. The number of amides is 1. The predicted molar refractivity (Wildman–Crippen MR) is 136 cm³/mol. The van der Waals surface area contributed by atoms with Crippen LogP contribution in [0, 0.1) is 5.82 Å². The molecule has 0 radical (unpaired) electrons. The van der Waals surface area contributed by atoms with Crippen molar-refractivity contribution in [1.29, 1.82) is 0 Å². The fourth-order valence-corrected chi connectivity index (χ4v) is 4.54. The summed E-state index contributed by atoms with van der Waals surface area (Å²) in [5, 5.41) is 2.93. The number of carbonyl (C=O) groups is 1. The normalized spacial score (nSPS) is 15.0. The van der Waals surface area contributed by atoms with Crippen LogP contribution in [0.25, 0.3) is 0 Å². The first-order valence-corrected chi connectivity index (χ1v) is 12.1. The Bertz CT molecular complexity index is 1320. The number of halogens is 1. The van der Waals surface area contributed by atoms with Gasteiger partial charge in [-0.15, -0.1) is 0 Å². The summed E-state index contributed by atoms with van der Waals surface area (Å²) in [6, 6.07) is 13.6. The average Bonchev–Trinajstić information content (AvgIpc) is 3.38. The molecule has 0 bridgehead atoms. The van der Waals surface area contributed by atoms with E-state index in [1.165, 1.54) is 25.3 Å². The molecule has 3 heterocycles. The molecular formula is C27H29FN4O5. The monoisotopic (exact) mass is 508 g/mol. The van der Waals surface area contributed by atoms with Gasteiger partial charge in [-0.05, 0) is 42.0 Å². The highest BCUT2D eigenvalue weighted by atomic mass is 19.1. The average molecular weight is 509 g/mol. The molecule has 10 heteroatoms. The van der Waals surface area contributed by atoms with Crippen LogP contribution in [0.4, 0.5) is 10.1 Å². The summed E-state index contributed by atoms with van der Waals surface area (Å²) in [5.74, 6) is 1.11. The molecule has 194 valence electrons. The van der Waals surface area contributed by atoms with E-state index < -0.39 is 0 Å². The Morgan fingerprint density at radius 2 is 1.78 bits per heavy atom. The number of hydrogen-bond donors (Lipinski definition) is 1. The van der Waals surface area contributed by atoms with Gasteiger partial charge in [-0.25, -0.2) is 4.39 Å². The highest BCUT2D eigenvalue weighted by Crippen LogP contribution is 2.32. The molecule has 9 nitrogen and oxygen atoms in total. The number of pyridine rings is 1. The number of piperazine rings is 1. The Labute approximate surface area is 214 Å². The van der Waals surface area contributed by atoms with Gasteiger partial charge >= 0.3 is 0 Å². The molecule has 1 N–H and O–H groups in total. The smallest absolute Gasteiger partial charge is 0.240 e. The summed E-state index contributed by atoms with van der Waals surface area (Å²) in [7, 11) is 1.44. The molecular weight excluding hydrogens is 479 g/mol. The molecule has 2 aliphatic rings. The maximum atomic E-state index is 13.3. The Hall–Kier alpha value is -4.05. The largest absolute Gasteiger partial charge is 0.491 e. The lowest BCUT2D eigenvalue weighted by Crippen LogP contribution is -2.46. The molecule has 37 heavy (non-hydrogen) atoms. The number of benzene rings is 2. The van der Waals surface area contributed by atoms with E-state index in [1.807, 2.05) is 18.2 Å². The maximum absolute atomic E-state index is 13.3. The molecule has 0 unspecified atom stereocenters. The number of nitrogens with one attached hydrogen (secondary N) is 1. The Kier molecular flexibility index (Phi) is 7.27. The molecule has 1 saturated heterocycles. The van der Waals surface area contributed by atoms with Gasteiger partial charge in [0.05, 0.1) is 13.3 Å². The van der Waals surface area contributed by atoms with Crippen LogP contribution in [-0.2, 0) is 24.4 Å². The molecule has 0 atom stereocenters. The van der Waals surface area contributed by atoms with E-state index in [-0.39, 0.29) is 36.2 Å². The molecule has 0 spiro atoms. The molecule has 0 saturated carbocycles. The van der Waals surface area contributed by atoms with Crippen LogP contribution in [-0.4, -0.2) is 55.5 Å². The van der Waals surface area contributed by atoms with E-state index >= 15 is 0 Å². The van der Waals surface area contributed by atoms with Crippen LogP contribution in [0.3, 0.4) is 0 Å². The SMILES string of the molecule is COc1cn(CC(=O)NCc2ccc3c(c2)OCO3)c(CN2CCN(c3ccc(F)cc3)CC2)cc1=O. The number of fused-ring (bicyclic) bond motifs is 1. The topological polar surface area (TPSA) is 85.3 Å². The molecule has 1 aromatic heterocycles. The van der Waals surface area contributed by atoms with Crippen molar-refractivity contribution in [2.75, 3.05) is 45.0 Å². The summed E-state index contributed by atoms with van der Waals surface area (Å²) in [6.07, 6.45) is 1.59. The Balaban J connectivity index is 1.22. The van der Waals surface area contributed by atoms with Crippen molar-refractivity contribution in [1.82, 2.24) is 14.8 Å². The van der Waals surface area contributed by atoms with Crippen LogP contribution in [0.5, 0.6) is 17.2 Å². The van der Waals surface area contributed by atoms with Crippen molar-refractivity contribution in [3.63, 3.8) is 0 Å². The third-order valence-corrected chi connectivity index (χ3v) is 6.59. The number of ether oxygens (including phenoxy) is 3. The standard InChI is InChI=1S/C27H29FN4O5/c1-35-26-16-32(17-27(34)29-14-19-2-7-24-25(12-19)37-18-36-24)22(13-23(26)33)15-30-8-10-31(11-9-30)21-5-3-20(28)4-6-21/h2-7,12-13,16H,8-11,14-15,17-18H2,1H3,(H,29,34). The number of methoxy groups -OCH3 is 1. The van der Waals surface area contributed by atoms with Gasteiger partial charge in [0.25, 0.3) is 0 Å². The number of nitrogens with zero attached hydrogens (tertiary/aromatic N) is 3. The van der Waals surface area contributed by atoms with Crippen LogP contribution in [0.2, 0.25) is 0 Å². The van der Waals surface area contributed by atoms with E-state index in [2.05, 4.69) is 15.1 Å². The Morgan fingerprint density at radius 1 is 1.03 bits per heavy atom. The predicted octanol–water partition coefficient (Wildman–Crippen LogP) is 2.36. The van der Waals surface area contributed by atoms with Crippen molar-refractivity contribution in [3.05, 3.63) is 82.0 Å². The van der Waals surface area contributed by atoms with Crippen molar-refractivity contribution < 1.29 is 23.4 Å². The summed E-state index contributed by atoms with van der Waals surface area (Å²) >= 11 is 0. The van der Waals surface area contributed by atoms with E-state index in [1.54, 1.807) is 22.9 Å². The fourth-order valence-electron chi connectivity index (χ4n) is 4.54. The Morgan fingerprint density at radius 3 is 2.54 bits per heavy atom. The van der Waals surface area contributed by atoms with Gasteiger partial charge in [-0.2, -0.15) is 0 Å². The minimum absolute atomic E-state index is 0.0477. The summed E-state index contributed by atoms with van der Waals surface area (Å²) in [4.78, 5) is 29.8.